The molecule has 2 saturated heterocycles. The maximum absolute atomic E-state index is 14.1. The highest BCUT2D eigenvalue weighted by atomic mass is 35.5. The Balaban J connectivity index is 1.00. The van der Waals surface area contributed by atoms with Gasteiger partial charge in [-0.2, -0.15) is 5.10 Å². The van der Waals surface area contributed by atoms with E-state index in [0.29, 0.717) is 53.8 Å². The van der Waals surface area contributed by atoms with Gasteiger partial charge in [0.1, 0.15) is 35.8 Å². The van der Waals surface area contributed by atoms with Gasteiger partial charge in [0.15, 0.2) is 0 Å². The molecule has 2 aromatic heterocycles. The second kappa shape index (κ2) is 18.6. The van der Waals surface area contributed by atoms with Gasteiger partial charge in [0.25, 0.3) is 5.91 Å². The summed E-state index contributed by atoms with van der Waals surface area (Å²) in [6, 6.07) is 15.8. The van der Waals surface area contributed by atoms with E-state index in [9.17, 15) is 24.3 Å². The Morgan fingerprint density at radius 3 is 2.46 bits per heavy atom. The summed E-state index contributed by atoms with van der Waals surface area (Å²) in [6.45, 7) is 10.3. The van der Waals surface area contributed by atoms with E-state index in [-0.39, 0.29) is 49.2 Å². The molecular formula is C43H53ClN8O7. The fourth-order valence-electron chi connectivity index (χ4n) is 7.40. The number of nitrogens with zero attached hydrogens (tertiary/aromatic N) is 4. The van der Waals surface area contributed by atoms with E-state index < -0.39 is 35.4 Å². The van der Waals surface area contributed by atoms with Crippen LogP contribution in [0.3, 0.4) is 0 Å². The van der Waals surface area contributed by atoms with Gasteiger partial charge in [0.2, 0.25) is 17.7 Å². The number of aliphatic hydroxyl groups is 1. The van der Waals surface area contributed by atoms with Gasteiger partial charge >= 0.3 is 0 Å². The number of methoxy groups -OCH3 is 1. The molecule has 2 aromatic carbocycles. The van der Waals surface area contributed by atoms with Crippen LogP contribution in [-0.2, 0) is 19.1 Å². The minimum Gasteiger partial charge on any atom is -0.494 e. The fourth-order valence-corrected chi connectivity index (χ4v) is 7.52. The molecule has 59 heavy (non-hydrogen) atoms. The summed E-state index contributed by atoms with van der Waals surface area (Å²) in [5.41, 5.74) is 3.90. The first-order valence-corrected chi connectivity index (χ1v) is 20.2. The average Bonchev–Trinajstić information content (AvgIpc) is 3.90. The highest BCUT2D eigenvalue weighted by Gasteiger charge is 2.44. The lowest BCUT2D eigenvalue weighted by Gasteiger charge is -2.36. The largest absolute Gasteiger partial charge is 0.494 e. The SMILES string of the molecule is COc1cc(N2CCC(OCC(=O)N[C@H](C(=O)N3C[C@H](O)C[C@H]3C(=O)N[C@H](C)c3ccc(Cl)c(C)c3)C(C)(C)C)CC2)ccc1NC(=O)c1cccc(-c2cc[nH]n2)n1. The van der Waals surface area contributed by atoms with Crippen molar-refractivity contribution in [2.24, 2.45) is 5.41 Å². The fraction of sp³-hybridized carbons (Fsp3) is 0.442. The number of rotatable bonds is 13. The van der Waals surface area contributed by atoms with Crippen LogP contribution >= 0.6 is 11.6 Å². The number of hydrogen-bond acceptors (Lipinski definition) is 10. The molecule has 5 N–H and O–H groups in total. The number of H-pyrrole nitrogens is 1. The predicted octanol–water partition coefficient (Wildman–Crippen LogP) is 5.05. The zero-order chi connectivity index (χ0) is 42.4. The average molecular weight is 829 g/mol. The number of β-amino-alcohol motifs (C(OH)–C–C–N with tert-alkyl or cyclic N) is 1. The number of hydrogen-bond donors (Lipinski definition) is 5. The first-order valence-electron chi connectivity index (χ1n) is 19.8. The predicted molar refractivity (Wildman–Crippen MR) is 224 cm³/mol. The molecule has 0 saturated carbocycles. The second-order valence-electron chi connectivity index (χ2n) is 16.2. The lowest BCUT2D eigenvalue weighted by atomic mass is 9.85. The molecule has 15 nitrogen and oxygen atoms in total. The Morgan fingerprint density at radius 2 is 1.78 bits per heavy atom. The molecular weight excluding hydrogens is 776 g/mol. The van der Waals surface area contributed by atoms with Gasteiger partial charge in [-0.1, -0.05) is 50.6 Å². The van der Waals surface area contributed by atoms with Crippen molar-refractivity contribution in [2.75, 3.05) is 43.6 Å². The summed E-state index contributed by atoms with van der Waals surface area (Å²) in [5.74, 6) is -1.16. The normalized spacial score (nSPS) is 18.2. The van der Waals surface area contributed by atoms with Crippen LogP contribution < -0.4 is 25.6 Å². The number of carbonyl (C=O) groups excluding carboxylic acids is 4. The Morgan fingerprint density at radius 1 is 1.02 bits per heavy atom. The molecule has 0 unspecified atom stereocenters. The van der Waals surface area contributed by atoms with Crippen LogP contribution in [0.15, 0.2) is 66.9 Å². The number of pyridine rings is 1. The molecule has 4 atom stereocenters. The molecule has 0 aliphatic carbocycles. The van der Waals surface area contributed by atoms with Crippen molar-refractivity contribution < 1.29 is 33.8 Å². The van der Waals surface area contributed by atoms with Gasteiger partial charge in [0, 0.05) is 49.0 Å². The van der Waals surface area contributed by atoms with Crippen LogP contribution in [0.25, 0.3) is 11.4 Å². The quantitative estimate of drug-likeness (QED) is 0.122. The van der Waals surface area contributed by atoms with Crippen LogP contribution in [0.4, 0.5) is 11.4 Å². The number of aromatic nitrogens is 3. The molecule has 4 amide bonds. The third-order valence-electron chi connectivity index (χ3n) is 10.8. The number of piperidine rings is 1. The molecule has 0 bridgehead atoms. The number of aliphatic hydroxyl groups excluding tert-OH is 1. The molecule has 4 heterocycles. The van der Waals surface area contributed by atoms with Gasteiger partial charge < -0.3 is 40.3 Å². The van der Waals surface area contributed by atoms with Crippen molar-refractivity contribution in [3.05, 3.63) is 88.7 Å². The Bertz CT molecular complexity index is 2130. The summed E-state index contributed by atoms with van der Waals surface area (Å²) in [6.07, 6.45) is 2.03. The summed E-state index contributed by atoms with van der Waals surface area (Å²) >= 11 is 6.19. The van der Waals surface area contributed by atoms with E-state index in [4.69, 9.17) is 21.1 Å². The zero-order valence-corrected chi connectivity index (χ0v) is 35.0. The van der Waals surface area contributed by atoms with E-state index in [1.807, 2.05) is 58.9 Å². The number of ether oxygens (including phenoxy) is 2. The third kappa shape index (κ3) is 10.6. The van der Waals surface area contributed by atoms with E-state index in [2.05, 4.69) is 36.0 Å². The second-order valence-corrected chi connectivity index (χ2v) is 16.6. The Hall–Kier alpha value is -5.51. The third-order valence-corrected chi connectivity index (χ3v) is 11.2. The lowest BCUT2D eigenvalue weighted by molar-refractivity contribution is -0.145. The molecule has 314 valence electrons. The number of benzene rings is 2. The number of likely N-dealkylation sites (tertiary alicyclic amines) is 1. The summed E-state index contributed by atoms with van der Waals surface area (Å²) in [7, 11) is 1.54. The van der Waals surface area contributed by atoms with Crippen LogP contribution in [0, 0.1) is 12.3 Å². The molecule has 16 heteroatoms. The number of nitrogens with one attached hydrogen (secondary N) is 4. The highest BCUT2D eigenvalue weighted by molar-refractivity contribution is 6.31. The van der Waals surface area contributed by atoms with Crippen molar-refractivity contribution in [1.29, 1.82) is 0 Å². The Labute approximate surface area is 349 Å². The van der Waals surface area contributed by atoms with Crippen LogP contribution in [0.2, 0.25) is 5.02 Å². The number of amides is 4. The summed E-state index contributed by atoms with van der Waals surface area (Å²) in [4.78, 5) is 62.0. The molecule has 0 spiro atoms. The standard InChI is InChI=1S/C43H53ClN8O7/c1-25-20-27(10-12-31(25)44)26(2)46-41(56)36-22-29(53)23-52(36)42(57)39(43(3,4)5)49-38(54)24-59-30-15-18-51(19-16-30)28-11-13-34(37(21-28)58-6)48-40(55)35-9-7-8-32(47-35)33-14-17-45-50-33/h7-14,17,20-21,26,29-30,36,39,53H,15-16,18-19,22-24H2,1-6H3,(H,45,50)(H,46,56)(H,48,55)(H,49,54)/t26-,29-,36+,39-/m1/s1. The Kier molecular flexibility index (Phi) is 13.6. The minimum absolute atomic E-state index is 0.0226. The number of anilines is 2. The van der Waals surface area contributed by atoms with Crippen molar-refractivity contribution in [3.63, 3.8) is 0 Å². The zero-order valence-electron chi connectivity index (χ0n) is 34.3. The van der Waals surface area contributed by atoms with Crippen LogP contribution in [0.5, 0.6) is 5.75 Å². The summed E-state index contributed by atoms with van der Waals surface area (Å²) in [5, 5.41) is 26.8. The van der Waals surface area contributed by atoms with Gasteiger partial charge in [-0.15, -0.1) is 0 Å². The molecule has 6 rings (SSSR count). The molecule has 2 fully saturated rings. The van der Waals surface area contributed by atoms with Crippen LogP contribution in [-0.4, -0.2) is 106 Å². The van der Waals surface area contributed by atoms with Gasteiger partial charge in [-0.05, 0) is 79.6 Å². The van der Waals surface area contributed by atoms with Gasteiger partial charge in [-0.3, -0.25) is 24.3 Å². The monoisotopic (exact) mass is 828 g/mol. The van der Waals surface area contributed by atoms with Crippen molar-refractivity contribution >= 4 is 46.6 Å². The number of aromatic amines is 1. The van der Waals surface area contributed by atoms with E-state index in [1.165, 1.54) is 4.90 Å². The van der Waals surface area contributed by atoms with E-state index >= 15 is 0 Å². The summed E-state index contributed by atoms with van der Waals surface area (Å²) < 4.78 is 11.7. The van der Waals surface area contributed by atoms with Crippen molar-refractivity contribution in [1.82, 2.24) is 30.7 Å². The maximum atomic E-state index is 14.1. The van der Waals surface area contributed by atoms with Crippen LogP contribution in [0.1, 0.15) is 74.6 Å². The van der Waals surface area contributed by atoms with E-state index in [1.54, 1.807) is 49.7 Å². The number of carbonyl (C=O) groups is 4. The van der Waals surface area contributed by atoms with Gasteiger partial charge in [0.05, 0.1) is 36.7 Å². The smallest absolute Gasteiger partial charge is 0.274 e. The molecule has 0 radical (unpaired) electrons. The molecule has 2 aliphatic heterocycles. The van der Waals surface area contributed by atoms with Crippen molar-refractivity contribution in [3.8, 4) is 17.1 Å². The van der Waals surface area contributed by atoms with E-state index in [0.717, 1.165) is 16.8 Å². The van der Waals surface area contributed by atoms with Crippen molar-refractivity contribution in [2.45, 2.75) is 84.2 Å². The first-order chi connectivity index (χ1) is 28.1. The first kappa shape index (κ1) is 43.1. The highest BCUT2D eigenvalue weighted by Crippen LogP contribution is 2.32. The minimum atomic E-state index is -0.969. The topological polar surface area (TPSA) is 191 Å². The molecule has 2 aliphatic rings. The lowest BCUT2D eigenvalue weighted by Crippen LogP contribution is -2.58. The molecule has 4 aromatic rings. The number of halogens is 1. The van der Waals surface area contributed by atoms with Gasteiger partial charge in [-0.25, -0.2) is 4.98 Å². The number of aryl methyl sites for hydroxylation is 1. The maximum Gasteiger partial charge on any atom is 0.274 e.